The zero-order valence-electron chi connectivity index (χ0n) is 12.1. The molecule has 1 aliphatic rings. The number of pyridine rings is 1. The molecule has 0 amide bonds. The van der Waals surface area contributed by atoms with Crippen LogP contribution in [0.2, 0.25) is 0 Å². The molecule has 3 aromatic rings. The van der Waals surface area contributed by atoms with Gasteiger partial charge in [-0.15, -0.1) is 0 Å². The highest BCUT2D eigenvalue weighted by molar-refractivity contribution is 5.91. The van der Waals surface area contributed by atoms with E-state index >= 15 is 0 Å². The summed E-state index contributed by atoms with van der Waals surface area (Å²) in [6, 6.07) is 11.5. The monoisotopic (exact) mass is 291 g/mol. The molecule has 4 heteroatoms. The van der Waals surface area contributed by atoms with E-state index in [0.717, 1.165) is 24.1 Å². The Balaban J connectivity index is 1.73. The Kier molecular flexibility index (Phi) is 3.16. The van der Waals surface area contributed by atoms with E-state index in [2.05, 4.69) is 27.4 Å². The SMILES string of the molecule is Oc1ccc([C@@H]2C=C(c3c[nH]c4ncccc34)CNC2)cc1. The summed E-state index contributed by atoms with van der Waals surface area (Å²) in [5.41, 5.74) is 4.62. The van der Waals surface area contributed by atoms with Crippen LogP contribution in [0.5, 0.6) is 5.75 Å². The number of phenols is 1. The lowest BCUT2D eigenvalue weighted by molar-refractivity contribution is 0.475. The van der Waals surface area contributed by atoms with E-state index in [0.29, 0.717) is 11.7 Å². The third-order valence-electron chi connectivity index (χ3n) is 4.20. The van der Waals surface area contributed by atoms with Gasteiger partial charge in [-0.1, -0.05) is 18.2 Å². The summed E-state index contributed by atoms with van der Waals surface area (Å²) >= 11 is 0. The van der Waals surface area contributed by atoms with Gasteiger partial charge in [0.2, 0.25) is 0 Å². The summed E-state index contributed by atoms with van der Waals surface area (Å²) < 4.78 is 0. The summed E-state index contributed by atoms with van der Waals surface area (Å²) in [6.45, 7) is 1.77. The number of nitrogens with one attached hydrogen (secondary N) is 2. The molecule has 0 saturated heterocycles. The van der Waals surface area contributed by atoms with Crippen LogP contribution in [0.3, 0.4) is 0 Å². The fraction of sp³-hybridized carbons (Fsp3) is 0.167. The maximum Gasteiger partial charge on any atom is 0.137 e. The average molecular weight is 291 g/mol. The Hall–Kier alpha value is -2.59. The summed E-state index contributed by atoms with van der Waals surface area (Å²) in [4.78, 5) is 7.59. The largest absolute Gasteiger partial charge is 0.508 e. The smallest absolute Gasteiger partial charge is 0.137 e. The Labute approximate surface area is 128 Å². The van der Waals surface area contributed by atoms with Crippen LogP contribution in [0.15, 0.2) is 54.9 Å². The van der Waals surface area contributed by atoms with Crippen LogP contribution in [0, 0.1) is 0 Å². The number of nitrogens with zero attached hydrogens (tertiary/aromatic N) is 1. The van der Waals surface area contributed by atoms with Crippen molar-refractivity contribution in [3.05, 3.63) is 66.0 Å². The van der Waals surface area contributed by atoms with Crippen LogP contribution in [-0.2, 0) is 0 Å². The lowest BCUT2D eigenvalue weighted by atomic mass is 9.91. The molecule has 2 aromatic heterocycles. The first-order valence-corrected chi connectivity index (χ1v) is 7.44. The van der Waals surface area contributed by atoms with E-state index in [4.69, 9.17) is 0 Å². The van der Waals surface area contributed by atoms with Crippen LogP contribution in [0.1, 0.15) is 17.0 Å². The van der Waals surface area contributed by atoms with Gasteiger partial charge in [0.05, 0.1) is 0 Å². The number of fused-ring (bicyclic) bond motifs is 1. The highest BCUT2D eigenvalue weighted by Crippen LogP contribution is 2.30. The fourth-order valence-corrected chi connectivity index (χ4v) is 3.07. The molecule has 3 heterocycles. The van der Waals surface area contributed by atoms with E-state index in [1.54, 1.807) is 18.3 Å². The average Bonchev–Trinajstić information content (AvgIpc) is 3.00. The van der Waals surface area contributed by atoms with Crippen molar-refractivity contribution in [1.82, 2.24) is 15.3 Å². The lowest BCUT2D eigenvalue weighted by Gasteiger charge is -2.22. The van der Waals surface area contributed by atoms with Crippen LogP contribution < -0.4 is 5.32 Å². The fourth-order valence-electron chi connectivity index (χ4n) is 3.07. The number of H-pyrrole nitrogens is 1. The Morgan fingerprint density at radius 2 is 2.00 bits per heavy atom. The number of aromatic amines is 1. The molecule has 1 atom stereocenters. The number of rotatable bonds is 2. The van der Waals surface area contributed by atoms with Crippen LogP contribution in [0.25, 0.3) is 16.6 Å². The molecule has 1 aliphatic heterocycles. The predicted octanol–water partition coefficient (Wildman–Crippen LogP) is 3.04. The van der Waals surface area contributed by atoms with Crippen molar-refractivity contribution in [2.45, 2.75) is 5.92 Å². The molecule has 110 valence electrons. The second-order valence-corrected chi connectivity index (χ2v) is 5.62. The number of hydrogen-bond donors (Lipinski definition) is 3. The van der Waals surface area contributed by atoms with E-state index in [9.17, 15) is 5.11 Å². The quantitative estimate of drug-likeness (QED) is 0.680. The number of benzene rings is 1. The molecule has 0 saturated carbocycles. The third kappa shape index (κ3) is 2.27. The molecule has 3 N–H and O–H groups in total. The summed E-state index contributed by atoms with van der Waals surface area (Å²) in [5, 5.41) is 14.1. The van der Waals surface area contributed by atoms with Gasteiger partial charge < -0.3 is 15.4 Å². The minimum absolute atomic E-state index is 0.305. The van der Waals surface area contributed by atoms with Crippen molar-refractivity contribution in [1.29, 1.82) is 0 Å². The van der Waals surface area contributed by atoms with Crippen LogP contribution in [-0.4, -0.2) is 28.2 Å². The molecule has 4 rings (SSSR count). The van der Waals surface area contributed by atoms with Gasteiger partial charge in [0, 0.05) is 42.4 Å². The molecule has 0 unspecified atom stereocenters. The Morgan fingerprint density at radius 1 is 1.14 bits per heavy atom. The van der Waals surface area contributed by atoms with Crippen molar-refractivity contribution in [2.75, 3.05) is 13.1 Å². The van der Waals surface area contributed by atoms with Gasteiger partial charge >= 0.3 is 0 Å². The Morgan fingerprint density at radius 3 is 2.86 bits per heavy atom. The molecule has 0 fully saturated rings. The van der Waals surface area contributed by atoms with Gasteiger partial charge in [-0.2, -0.15) is 0 Å². The molecule has 4 nitrogen and oxygen atoms in total. The highest BCUT2D eigenvalue weighted by Gasteiger charge is 2.18. The first-order chi connectivity index (χ1) is 10.8. The van der Waals surface area contributed by atoms with Gasteiger partial charge in [0.15, 0.2) is 0 Å². The number of aromatic nitrogens is 2. The minimum Gasteiger partial charge on any atom is -0.508 e. The molecule has 0 aliphatic carbocycles. The zero-order valence-corrected chi connectivity index (χ0v) is 12.1. The standard InChI is InChI=1S/C18H17N3O/c22-15-5-3-12(4-6-15)13-8-14(10-19-9-13)17-11-21-18-16(17)2-1-7-20-18/h1-8,11,13,19,22H,9-10H2,(H,20,21)/t13-/m1/s1. The van der Waals surface area contributed by atoms with Crippen LogP contribution >= 0.6 is 0 Å². The normalized spacial score (nSPS) is 18.4. The molecule has 22 heavy (non-hydrogen) atoms. The van der Waals surface area contributed by atoms with Crippen LogP contribution in [0.4, 0.5) is 0 Å². The van der Waals surface area contributed by atoms with Crippen molar-refractivity contribution < 1.29 is 5.11 Å². The first kappa shape index (κ1) is 13.1. The van der Waals surface area contributed by atoms with Gasteiger partial charge in [-0.3, -0.25) is 0 Å². The molecule has 0 bridgehead atoms. The second kappa shape index (κ2) is 5.31. The Bertz CT molecular complexity index is 833. The lowest BCUT2D eigenvalue weighted by Crippen LogP contribution is -2.27. The molecule has 0 spiro atoms. The molecule has 0 radical (unpaired) electrons. The molecular weight excluding hydrogens is 274 g/mol. The molecular formula is C18H17N3O. The number of hydrogen-bond acceptors (Lipinski definition) is 3. The maximum absolute atomic E-state index is 9.43. The summed E-state index contributed by atoms with van der Waals surface area (Å²) in [7, 11) is 0. The number of phenolic OH excluding ortho intramolecular Hbond substituents is 1. The highest BCUT2D eigenvalue weighted by atomic mass is 16.3. The minimum atomic E-state index is 0.305. The second-order valence-electron chi connectivity index (χ2n) is 5.62. The van der Waals surface area contributed by atoms with Gasteiger partial charge in [-0.25, -0.2) is 4.98 Å². The van der Waals surface area contributed by atoms with Gasteiger partial charge in [0.25, 0.3) is 0 Å². The third-order valence-corrected chi connectivity index (χ3v) is 4.20. The first-order valence-electron chi connectivity index (χ1n) is 7.44. The van der Waals surface area contributed by atoms with E-state index in [1.807, 2.05) is 24.4 Å². The van der Waals surface area contributed by atoms with Gasteiger partial charge in [0.1, 0.15) is 11.4 Å². The summed E-state index contributed by atoms with van der Waals surface area (Å²) in [6.07, 6.45) is 6.15. The number of aromatic hydroxyl groups is 1. The zero-order chi connectivity index (χ0) is 14.9. The predicted molar refractivity (Wildman–Crippen MR) is 87.8 cm³/mol. The summed E-state index contributed by atoms with van der Waals surface area (Å²) in [5.74, 6) is 0.616. The van der Waals surface area contributed by atoms with E-state index < -0.39 is 0 Å². The van der Waals surface area contributed by atoms with Crippen molar-refractivity contribution in [3.63, 3.8) is 0 Å². The molecule has 1 aromatic carbocycles. The van der Waals surface area contributed by atoms with Crippen molar-refractivity contribution in [3.8, 4) is 5.75 Å². The van der Waals surface area contributed by atoms with E-state index in [-0.39, 0.29) is 0 Å². The maximum atomic E-state index is 9.43. The van der Waals surface area contributed by atoms with Gasteiger partial charge in [-0.05, 0) is 35.4 Å². The van der Waals surface area contributed by atoms with Crippen molar-refractivity contribution >= 4 is 16.6 Å². The topological polar surface area (TPSA) is 60.9 Å². The van der Waals surface area contributed by atoms with E-state index in [1.165, 1.54) is 16.7 Å². The van der Waals surface area contributed by atoms with Crippen molar-refractivity contribution in [2.24, 2.45) is 0 Å².